The summed E-state index contributed by atoms with van der Waals surface area (Å²) in [5, 5.41) is 1.25. The lowest BCUT2D eigenvalue weighted by Crippen LogP contribution is -2.27. The van der Waals surface area contributed by atoms with E-state index in [-0.39, 0.29) is 5.82 Å². The number of aromatic nitrogens is 1. The summed E-state index contributed by atoms with van der Waals surface area (Å²) in [7, 11) is 0. The van der Waals surface area contributed by atoms with Crippen LogP contribution in [0, 0.1) is 5.82 Å². The molecule has 0 aliphatic carbocycles. The highest BCUT2D eigenvalue weighted by atomic mass is 19.1. The van der Waals surface area contributed by atoms with E-state index in [9.17, 15) is 4.39 Å². The molecule has 0 atom stereocenters. The summed E-state index contributed by atoms with van der Waals surface area (Å²) >= 11 is 0. The molecule has 0 saturated carbocycles. The van der Waals surface area contributed by atoms with Crippen LogP contribution in [0.2, 0.25) is 0 Å². The summed E-state index contributed by atoms with van der Waals surface area (Å²) < 4.78 is 13.7. The zero-order valence-electron chi connectivity index (χ0n) is 15.2. The lowest BCUT2D eigenvalue weighted by molar-refractivity contribution is 0.278. The summed E-state index contributed by atoms with van der Waals surface area (Å²) in [6.45, 7) is 7.75. The molecule has 0 unspecified atom stereocenters. The number of rotatable bonds is 8. The lowest BCUT2D eigenvalue weighted by atomic mass is 10.0. The standard InChI is InChI=1S/C22H27FN2/c1-3-13-25(14-4-2)15-12-20-19-10-5-6-11-21(19)24-22(20)17-8-7-9-18(23)16-17/h5-11,16,24H,3-4,12-15H2,1-2H3. The van der Waals surface area contributed by atoms with Gasteiger partial charge in [-0.2, -0.15) is 0 Å². The van der Waals surface area contributed by atoms with Crippen molar-refractivity contribution in [2.24, 2.45) is 0 Å². The Balaban J connectivity index is 1.96. The summed E-state index contributed by atoms with van der Waals surface area (Å²) in [4.78, 5) is 6.04. The fraction of sp³-hybridized carbons (Fsp3) is 0.364. The monoisotopic (exact) mass is 338 g/mol. The fourth-order valence-electron chi connectivity index (χ4n) is 3.59. The van der Waals surface area contributed by atoms with Gasteiger partial charge in [-0.25, -0.2) is 4.39 Å². The van der Waals surface area contributed by atoms with Gasteiger partial charge in [-0.3, -0.25) is 0 Å². The molecule has 1 N–H and O–H groups in total. The van der Waals surface area contributed by atoms with Crippen LogP contribution in [0.15, 0.2) is 48.5 Å². The van der Waals surface area contributed by atoms with Crippen molar-refractivity contribution in [3.8, 4) is 11.3 Å². The summed E-state index contributed by atoms with van der Waals surface area (Å²) in [5.41, 5.74) is 4.38. The van der Waals surface area contributed by atoms with Gasteiger partial charge >= 0.3 is 0 Å². The lowest BCUT2D eigenvalue weighted by Gasteiger charge is -2.21. The van der Waals surface area contributed by atoms with Gasteiger partial charge in [0, 0.05) is 28.7 Å². The zero-order chi connectivity index (χ0) is 17.6. The number of nitrogens with zero attached hydrogens (tertiary/aromatic N) is 1. The van der Waals surface area contributed by atoms with Gasteiger partial charge in [0.15, 0.2) is 0 Å². The predicted molar refractivity (Wildman–Crippen MR) is 104 cm³/mol. The summed E-state index contributed by atoms with van der Waals surface area (Å²) in [6, 6.07) is 15.2. The molecule has 2 nitrogen and oxygen atoms in total. The van der Waals surface area contributed by atoms with E-state index in [1.54, 1.807) is 12.1 Å². The largest absolute Gasteiger partial charge is 0.354 e. The normalized spacial score (nSPS) is 11.5. The second kappa shape index (κ2) is 8.30. The quantitative estimate of drug-likeness (QED) is 0.563. The number of fused-ring (bicyclic) bond motifs is 1. The van der Waals surface area contributed by atoms with E-state index in [2.05, 4.69) is 41.9 Å². The Morgan fingerprint density at radius 1 is 0.920 bits per heavy atom. The van der Waals surface area contributed by atoms with E-state index in [0.29, 0.717) is 0 Å². The van der Waals surface area contributed by atoms with Gasteiger partial charge in [-0.05, 0) is 56.1 Å². The molecule has 0 aliphatic heterocycles. The van der Waals surface area contributed by atoms with Crippen molar-refractivity contribution < 1.29 is 4.39 Å². The Bertz CT molecular complexity index is 816. The first-order valence-corrected chi connectivity index (χ1v) is 9.30. The first-order chi connectivity index (χ1) is 12.2. The molecule has 3 aromatic rings. The van der Waals surface area contributed by atoms with Gasteiger partial charge in [0.1, 0.15) is 5.82 Å². The third kappa shape index (κ3) is 4.10. The Labute approximate surface area is 149 Å². The van der Waals surface area contributed by atoms with Gasteiger partial charge in [0.05, 0.1) is 0 Å². The smallest absolute Gasteiger partial charge is 0.123 e. The number of para-hydroxylation sites is 1. The molecule has 1 aromatic heterocycles. The van der Waals surface area contributed by atoms with Gasteiger partial charge in [0.2, 0.25) is 0 Å². The second-order valence-corrected chi connectivity index (χ2v) is 6.63. The number of benzene rings is 2. The topological polar surface area (TPSA) is 19.0 Å². The molecule has 0 amide bonds. The molecule has 3 rings (SSSR count). The molecule has 0 spiro atoms. The van der Waals surface area contributed by atoms with Crippen LogP contribution in [0.3, 0.4) is 0 Å². The first kappa shape index (κ1) is 17.7. The molecule has 132 valence electrons. The second-order valence-electron chi connectivity index (χ2n) is 6.63. The van der Waals surface area contributed by atoms with Crippen molar-refractivity contribution in [1.82, 2.24) is 9.88 Å². The number of hydrogen-bond donors (Lipinski definition) is 1. The number of nitrogens with one attached hydrogen (secondary N) is 1. The number of aromatic amines is 1. The van der Waals surface area contributed by atoms with E-state index in [1.165, 1.54) is 29.9 Å². The predicted octanol–water partition coefficient (Wildman–Crippen LogP) is 5.64. The molecule has 2 aromatic carbocycles. The Kier molecular flexibility index (Phi) is 5.87. The molecule has 0 aliphatic rings. The zero-order valence-corrected chi connectivity index (χ0v) is 15.2. The van der Waals surface area contributed by atoms with Crippen LogP contribution in [-0.4, -0.2) is 29.5 Å². The highest BCUT2D eigenvalue weighted by Crippen LogP contribution is 2.31. The van der Waals surface area contributed by atoms with Crippen LogP contribution < -0.4 is 0 Å². The molecular formula is C22H27FN2. The van der Waals surface area contributed by atoms with Crippen molar-refractivity contribution in [1.29, 1.82) is 0 Å². The summed E-state index contributed by atoms with van der Waals surface area (Å²) in [5.74, 6) is -0.194. The molecule has 1 heterocycles. The van der Waals surface area contributed by atoms with Crippen LogP contribution in [-0.2, 0) is 6.42 Å². The first-order valence-electron chi connectivity index (χ1n) is 9.30. The van der Waals surface area contributed by atoms with E-state index in [4.69, 9.17) is 0 Å². The number of H-pyrrole nitrogens is 1. The Morgan fingerprint density at radius 3 is 2.40 bits per heavy atom. The van der Waals surface area contributed by atoms with E-state index in [1.807, 2.05) is 12.1 Å². The minimum atomic E-state index is -0.194. The third-order valence-corrected chi connectivity index (χ3v) is 4.68. The molecular weight excluding hydrogens is 311 g/mol. The van der Waals surface area contributed by atoms with E-state index >= 15 is 0 Å². The number of hydrogen-bond acceptors (Lipinski definition) is 1. The molecule has 25 heavy (non-hydrogen) atoms. The van der Waals surface area contributed by atoms with Crippen molar-refractivity contribution in [3.63, 3.8) is 0 Å². The number of halogens is 1. The van der Waals surface area contributed by atoms with Crippen LogP contribution in [0.25, 0.3) is 22.2 Å². The van der Waals surface area contributed by atoms with Gasteiger partial charge in [0.25, 0.3) is 0 Å². The minimum Gasteiger partial charge on any atom is -0.354 e. The van der Waals surface area contributed by atoms with E-state index < -0.39 is 0 Å². The van der Waals surface area contributed by atoms with Gasteiger partial charge in [-0.1, -0.05) is 44.2 Å². The van der Waals surface area contributed by atoms with Gasteiger partial charge < -0.3 is 9.88 Å². The van der Waals surface area contributed by atoms with Crippen LogP contribution >= 0.6 is 0 Å². The summed E-state index contributed by atoms with van der Waals surface area (Å²) in [6.07, 6.45) is 3.31. The van der Waals surface area contributed by atoms with Crippen molar-refractivity contribution in [2.75, 3.05) is 19.6 Å². The Hall–Kier alpha value is -2.13. The van der Waals surface area contributed by atoms with Crippen molar-refractivity contribution in [2.45, 2.75) is 33.1 Å². The van der Waals surface area contributed by atoms with Gasteiger partial charge in [-0.15, -0.1) is 0 Å². The maximum Gasteiger partial charge on any atom is 0.123 e. The van der Waals surface area contributed by atoms with Crippen LogP contribution in [0.5, 0.6) is 0 Å². The molecule has 0 bridgehead atoms. The van der Waals surface area contributed by atoms with Crippen LogP contribution in [0.1, 0.15) is 32.3 Å². The Morgan fingerprint density at radius 2 is 1.68 bits per heavy atom. The molecule has 0 fully saturated rings. The average molecular weight is 338 g/mol. The minimum absolute atomic E-state index is 0.194. The average Bonchev–Trinajstić information content (AvgIpc) is 2.99. The molecule has 0 radical (unpaired) electrons. The van der Waals surface area contributed by atoms with E-state index in [0.717, 1.165) is 42.8 Å². The maximum atomic E-state index is 13.7. The van der Waals surface area contributed by atoms with Crippen molar-refractivity contribution >= 4 is 10.9 Å². The van der Waals surface area contributed by atoms with Crippen molar-refractivity contribution in [3.05, 3.63) is 59.9 Å². The third-order valence-electron chi connectivity index (χ3n) is 4.68. The fourth-order valence-corrected chi connectivity index (χ4v) is 3.59. The molecule has 3 heteroatoms. The van der Waals surface area contributed by atoms with Crippen LogP contribution in [0.4, 0.5) is 4.39 Å². The highest BCUT2D eigenvalue weighted by Gasteiger charge is 2.14. The maximum absolute atomic E-state index is 13.7. The highest BCUT2D eigenvalue weighted by molar-refractivity contribution is 5.90. The molecule has 0 saturated heterocycles. The SMILES string of the molecule is CCCN(CCC)CCc1c(-c2cccc(F)c2)[nH]c2ccccc12.